The molecule has 0 bridgehead atoms. The number of hydrazine groups is 1. The Morgan fingerprint density at radius 3 is 2.06 bits per heavy atom. The molecule has 4 rings (SSSR count). The number of nitrogens with zero attached hydrogens (tertiary/aromatic N) is 3. The number of carbonyl (C=O) groups excluding carboxylic acids is 1. The lowest BCUT2D eigenvalue weighted by molar-refractivity contribution is 0.0736. The van der Waals surface area contributed by atoms with Gasteiger partial charge in [-0.25, -0.2) is 9.99 Å². The van der Waals surface area contributed by atoms with Gasteiger partial charge in [0.25, 0.3) is 0 Å². The molecule has 31 heavy (non-hydrogen) atoms. The highest BCUT2D eigenvalue weighted by molar-refractivity contribution is 6.37. The van der Waals surface area contributed by atoms with Gasteiger partial charge in [-0.1, -0.05) is 52.8 Å². The Kier molecular flexibility index (Phi) is 6.80. The van der Waals surface area contributed by atoms with Gasteiger partial charge >= 0.3 is 5.91 Å². The van der Waals surface area contributed by atoms with Gasteiger partial charge in [-0.05, 0) is 49.2 Å². The molecule has 0 radical (unpaired) electrons. The zero-order valence-electron chi connectivity index (χ0n) is 16.8. The third-order valence-corrected chi connectivity index (χ3v) is 6.38. The Hall–Kier alpha value is -1.76. The van der Waals surface area contributed by atoms with Crippen LogP contribution in [-0.2, 0) is 7.05 Å². The minimum atomic E-state index is -0.285. The van der Waals surface area contributed by atoms with Crippen LogP contribution in [0.2, 0.25) is 20.1 Å². The van der Waals surface area contributed by atoms with Crippen molar-refractivity contribution in [2.24, 2.45) is 7.05 Å². The lowest BCUT2D eigenvalue weighted by Gasteiger charge is -2.26. The lowest BCUT2D eigenvalue weighted by Crippen LogP contribution is -2.45. The summed E-state index contributed by atoms with van der Waals surface area (Å²) in [6.07, 6.45) is 3.28. The van der Waals surface area contributed by atoms with Gasteiger partial charge < -0.3 is 4.57 Å². The first-order valence-electron chi connectivity index (χ1n) is 9.88. The summed E-state index contributed by atoms with van der Waals surface area (Å²) in [7, 11) is 1.78. The second kappa shape index (κ2) is 9.39. The summed E-state index contributed by atoms with van der Waals surface area (Å²) in [5.74, 6) is -0.0281. The molecule has 3 aromatic rings. The predicted molar refractivity (Wildman–Crippen MR) is 127 cm³/mol. The minimum Gasteiger partial charge on any atom is -0.322 e. The zero-order valence-corrected chi connectivity index (χ0v) is 19.8. The Bertz CT molecular complexity index is 1140. The lowest BCUT2D eigenvalue weighted by atomic mass is 10.0. The van der Waals surface area contributed by atoms with Crippen molar-refractivity contribution in [1.82, 2.24) is 20.0 Å². The number of benzene rings is 2. The molecule has 2 aromatic carbocycles. The number of aromatic nitrogens is 2. The molecule has 0 unspecified atom stereocenters. The normalized spacial score (nSPS) is 14.6. The van der Waals surface area contributed by atoms with E-state index in [4.69, 9.17) is 46.4 Å². The maximum Gasteiger partial charge on any atom is 0.301 e. The molecule has 0 saturated carbocycles. The molecule has 1 aromatic heterocycles. The van der Waals surface area contributed by atoms with Crippen LogP contribution in [0, 0.1) is 0 Å². The van der Waals surface area contributed by atoms with E-state index in [9.17, 15) is 4.79 Å². The summed E-state index contributed by atoms with van der Waals surface area (Å²) in [6, 6.07) is 10.4. The molecule has 1 saturated heterocycles. The highest BCUT2D eigenvalue weighted by atomic mass is 35.5. The second-order valence-corrected chi connectivity index (χ2v) is 9.12. The number of amides is 1. The first kappa shape index (κ1) is 22.4. The molecule has 0 aliphatic carbocycles. The molecule has 162 valence electrons. The standard InChI is InChI=1S/C22H20Cl4N4O/c1-29-20(16-8-6-14(24)12-18(16)26)19(15-7-5-13(23)11-17(15)25)27-21(29)22(31)28-30-9-3-2-4-10-30/h5-8,11-12H,2-4,9-10H2,1H3,(H,28,31). The van der Waals surface area contributed by atoms with Crippen molar-refractivity contribution in [3.05, 3.63) is 62.3 Å². The first-order chi connectivity index (χ1) is 14.8. The third kappa shape index (κ3) is 4.71. The van der Waals surface area contributed by atoms with E-state index in [-0.39, 0.29) is 11.7 Å². The van der Waals surface area contributed by atoms with Crippen LogP contribution in [0.3, 0.4) is 0 Å². The van der Waals surface area contributed by atoms with Gasteiger partial charge in [0.05, 0.1) is 21.4 Å². The van der Waals surface area contributed by atoms with Gasteiger partial charge in [0.2, 0.25) is 5.82 Å². The summed E-state index contributed by atoms with van der Waals surface area (Å²) in [6.45, 7) is 1.64. The monoisotopic (exact) mass is 496 g/mol. The Balaban J connectivity index is 1.84. The number of carbonyl (C=O) groups is 1. The summed E-state index contributed by atoms with van der Waals surface area (Å²) in [4.78, 5) is 17.8. The summed E-state index contributed by atoms with van der Waals surface area (Å²) < 4.78 is 1.73. The highest BCUT2D eigenvalue weighted by Gasteiger charge is 2.26. The van der Waals surface area contributed by atoms with E-state index in [1.54, 1.807) is 48.0 Å². The number of hydrogen-bond acceptors (Lipinski definition) is 3. The van der Waals surface area contributed by atoms with Crippen LogP contribution in [0.1, 0.15) is 29.9 Å². The van der Waals surface area contributed by atoms with Crippen LogP contribution in [0.4, 0.5) is 0 Å². The fraction of sp³-hybridized carbons (Fsp3) is 0.273. The topological polar surface area (TPSA) is 50.2 Å². The van der Waals surface area contributed by atoms with Crippen molar-refractivity contribution in [2.75, 3.05) is 13.1 Å². The Labute approximate surface area is 200 Å². The molecular weight excluding hydrogens is 478 g/mol. The fourth-order valence-corrected chi connectivity index (χ4v) is 4.76. The van der Waals surface area contributed by atoms with Crippen molar-refractivity contribution >= 4 is 52.3 Å². The van der Waals surface area contributed by atoms with Gasteiger partial charge in [0, 0.05) is 41.3 Å². The number of halogens is 4. The number of imidazole rings is 1. The molecule has 0 atom stereocenters. The predicted octanol–water partition coefficient (Wildman–Crippen LogP) is 6.50. The van der Waals surface area contributed by atoms with Gasteiger partial charge in [-0.3, -0.25) is 10.2 Å². The molecule has 2 heterocycles. The fourth-order valence-electron chi connectivity index (χ4n) is 3.76. The van der Waals surface area contributed by atoms with Gasteiger partial charge in [0.1, 0.15) is 0 Å². The average Bonchev–Trinajstić information content (AvgIpc) is 3.06. The highest BCUT2D eigenvalue weighted by Crippen LogP contribution is 2.40. The summed E-state index contributed by atoms with van der Waals surface area (Å²) in [5, 5.41) is 3.85. The quantitative estimate of drug-likeness (QED) is 0.447. The molecule has 5 nitrogen and oxygen atoms in total. The van der Waals surface area contributed by atoms with E-state index < -0.39 is 0 Å². The zero-order chi connectivity index (χ0) is 22.1. The molecule has 1 amide bonds. The maximum absolute atomic E-state index is 13.1. The van der Waals surface area contributed by atoms with Crippen LogP contribution >= 0.6 is 46.4 Å². The molecular formula is C22H20Cl4N4O. The Morgan fingerprint density at radius 2 is 1.48 bits per heavy atom. The number of rotatable bonds is 4. The van der Waals surface area contributed by atoms with Crippen LogP contribution in [0.15, 0.2) is 36.4 Å². The van der Waals surface area contributed by atoms with Crippen molar-refractivity contribution < 1.29 is 4.79 Å². The SMILES string of the molecule is Cn1c(C(=O)NN2CCCCC2)nc(-c2ccc(Cl)cc2Cl)c1-c1ccc(Cl)cc1Cl. The number of piperidine rings is 1. The maximum atomic E-state index is 13.1. The second-order valence-electron chi connectivity index (χ2n) is 7.43. The minimum absolute atomic E-state index is 0.257. The first-order valence-corrected chi connectivity index (χ1v) is 11.4. The average molecular weight is 498 g/mol. The van der Waals surface area contributed by atoms with Crippen molar-refractivity contribution in [1.29, 1.82) is 0 Å². The van der Waals surface area contributed by atoms with E-state index in [0.29, 0.717) is 42.6 Å². The largest absolute Gasteiger partial charge is 0.322 e. The molecule has 1 aliphatic heterocycles. The summed E-state index contributed by atoms with van der Waals surface area (Å²) >= 11 is 25.2. The van der Waals surface area contributed by atoms with E-state index >= 15 is 0 Å². The van der Waals surface area contributed by atoms with Gasteiger partial charge in [0.15, 0.2) is 0 Å². The van der Waals surface area contributed by atoms with Crippen molar-refractivity contribution in [2.45, 2.75) is 19.3 Å². The number of hydrogen-bond donors (Lipinski definition) is 1. The third-order valence-electron chi connectivity index (χ3n) is 5.29. The van der Waals surface area contributed by atoms with Crippen LogP contribution in [0.25, 0.3) is 22.5 Å². The van der Waals surface area contributed by atoms with Crippen LogP contribution in [0.5, 0.6) is 0 Å². The molecule has 1 N–H and O–H groups in total. The molecule has 9 heteroatoms. The van der Waals surface area contributed by atoms with Crippen molar-refractivity contribution in [3.8, 4) is 22.5 Å². The van der Waals surface area contributed by atoms with E-state index in [2.05, 4.69) is 10.4 Å². The van der Waals surface area contributed by atoms with E-state index in [0.717, 1.165) is 25.9 Å². The van der Waals surface area contributed by atoms with Crippen LogP contribution in [-0.4, -0.2) is 33.6 Å². The molecule has 1 aliphatic rings. The van der Waals surface area contributed by atoms with E-state index in [1.807, 2.05) is 5.01 Å². The van der Waals surface area contributed by atoms with Crippen molar-refractivity contribution in [3.63, 3.8) is 0 Å². The summed E-state index contributed by atoms with van der Waals surface area (Å²) in [5.41, 5.74) is 5.52. The number of nitrogens with one attached hydrogen (secondary N) is 1. The smallest absolute Gasteiger partial charge is 0.301 e. The molecule has 1 fully saturated rings. The Morgan fingerprint density at radius 1 is 0.903 bits per heavy atom. The van der Waals surface area contributed by atoms with Crippen LogP contribution < -0.4 is 5.43 Å². The van der Waals surface area contributed by atoms with Gasteiger partial charge in [-0.15, -0.1) is 0 Å². The van der Waals surface area contributed by atoms with Gasteiger partial charge in [-0.2, -0.15) is 0 Å². The van der Waals surface area contributed by atoms with E-state index in [1.165, 1.54) is 6.42 Å². The molecule has 0 spiro atoms.